The van der Waals surface area contributed by atoms with Gasteiger partial charge in [0.1, 0.15) is 5.75 Å². The van der Waals surface area contributed by atoms with Crippen molar-refractivity contribution in [2.75, 3.05) is 51.3 Å². The monoisotopic (exact) mass is 601 g/mol. The number of phenols is 1. The minimum atomic E-state index is -2.79. The Kier molecular flexibility index (Phi) is 8.04. The molecule has 4 aliphatic rings. The second kappa shape index (κ2) is 11.2. The summed E-state index contributed by atoms with van der Waals surface area (Å²) in [4.78, 5) is 83.0. The van der Waals surface area contributed by atoms with Crippen molar-refractivity contribution in [2.24, 2.45) is 29.4 Å². The van der Waals surface area contributed by atoms with Crippen LogP contribution in [0.4, 0.5) is 5.69 Å². The predicted molar refractivity (Wildman–Crippen MR) is 152 cm³/mol. The topological polar surface area (TPSA) is 199 Å². The molecule has 3 aliphatic carbocycles. The van der Waals surface area contributed by atoms with Gasteiger partial charge in [-0.3, -0.25) is 38.6 Å². The first kappa shape index (κ1) is 30.3. The number of aliphatic hydroxyl groups is 1. The number of rotatable bonds is 6. The third-order valence-corrected chi connectivity index (χ3v) is 9.61. The molecule has 226 valence electrons. The summed E-state index contributed by atoms with van der Waals surface area (Å²) < 4.78 is 0. The Bertz CT molecular complexity index is 1380. The smallest absolute Gasteiger partial charge is 0.242 e. The number of amides is 2. The van der Waals surface area contributed by atoms with Crippen LogP contribution in [0.5, 0.6) is 5.75 Å². The van der Waals surface area contributed by atoms with Gasteiger partial charge in [0.05, 0.1) is 29.3 Å². The first-order chi connectivity index (χ1) is 19.8. The number of hydrogen-bond donors (Lipinski definition) is 6. The number of hydrogen-bond acceptors (Lipinski definition) is 12. The summed E-state index contributed by atoms with van der Waals surface area (Å²) in [7, 11) is 3.06. The Morgan fingerprint density at radius 1 is 1.19 bits per heavy atom. The second-order valence-corrected chi connectivity index (χ2v) is 12.1. The molecule has 1 aliphatic heterocycles. The second-order valence-electron chi connectivity index (χ2n) is 11.8. The van der Waals surface area contributed by atoms with E-state index >= 15 is 0 Å². The molecule has 14 heteroatoms. The van der Waals surface area contributed by atoms with E-state index in [1.165, 1.54) is 25.1 Å². The number of thiol groups is 1. The van der Waals surface area contributed by atoms with Crippen molar-refractivity contribution in [3.63, 3.8) is 0 Å². The average Bonchev–Trinajstić information content (AvgIpc) is 2.93. The van der Waals surface area contributed by atoms with Gasteiger partial charge in [-0.15, -0.1) is 0 Å². The zero-order chi connectivity index (χ0) is 30.7. The van der Waals surface area contributed by atoms with Crippen LogP contribution in [0.2, 0.25) is 0 Å². The number of ketones is 4. The Balaban J connectivity index is 1.48. The molecular formula is C28H35N5O8S. The molecule has 1 saturated heterocycles. The summed E-state index contributed by atoms with van der Waals surface area (Å²) in [5.41, 5.74) is 2.80. The fraction of sp³-hybridized carbons (Fsp3) is 0.571. The van der Waals surface area contributed by atoms with Crippen LogP contribution in [0.1, 0.15) is 22.3 Å². The van der Waals surface area contributed by atoms with Gasteiger partial charge in [0, 0.05) is 37.8 Å². The van der Waals surface area contributed by atoms with Crippen LogP contribution in [0.25, 0.3) is 0 Å². The average molecular weight is 602 g/mol. The zero-order valence-electron chi connectivity index (χ0n) is 23.3. The minimum absolute atomic E-state index is 0.0203. The van der Waals surface area contributed by atoms with E-state index in [2.05, 4.69) is 23.3 Å². The van der Waals surface area contributed by atoms with Crippen molar-refractivity contribution in [1.29, 1.82) is 0 Å². The van der Waals surface area contributed by atoms with E-state index in [9.17, 15) is 39.0 Å². The largest absolute Gasteiger partial charge is 0.505 e. The lowest BCUT2D eigenvalue weighted by molar-refractivity contribution is -0.181. The number of nitrogens with two attached hydrogens (primary N) is 1. The van der Waals surface area contributed by atoms with Crippen molar-refractivity contribution in [3.8, 4) is 5.75 Å². The quantitative estimate of drug-likeness (QED) is 0.120. The molecule has 0 radical (unpaired) electrons. The van der Waals surface area contributed by atoms with E-state index in [1.807, 2.05) is 4.90 Å². The van der Waals surface area contributed by atoms with Gasteiger partial charge in [-0.25, -0.2) is 0 Å². The molecule has 0 spiro atoms. The molecule has 5 unspecified atom stereocenters. The van der Waals surface area contributed by atoms with Crippen LogP contribution in [0.15, 0.2) is 12.1 Å². The number of carbonyl (C=O) groups excluding carboxylic acids is 6. The standard InChI is InChI=1S/C28H35N5O8S/c1-32(2)20-14-10-13-9-12-3-4-15(31-27(40)16(11-42)33-7-5-30-6-8-33)21(34)17(12)22(35)18(13)24(37)28(14,41)25(38)19(23(20)36)26(29)39/h3-4,13-14,16,18-20,30,34,41-42H,5-11H2,1-2H3,(H2,29,39)(H,31,40)/t13?,14?,16?,18?,19?,20-,28-/m0/s1. The SMILES string of the molecule is CN(C)[C@@H]1C(=O)C(C(N)=O)C(=O)[C@@]2(O)C(=O)C3C(=O)c4c(ccc(NC(=O)C(CS)N5CCNCC5)c4O)CC3CC12. The maximum Gasteiger partial charge on any atom is 0.242 e. The molecule has 1 aromatic carbocycles. The van der Waals surface area contributed by atoms with Gasteiger partial charge in [-0.1, -0.05) is 6.07 Å². The highest BCUT2D eigenvalue weighted by atomic mass is 32.1. The van der Waals surface area contributed by atoms with Crippen molar-refractivity contribution in [2.45, 2.75) is 30.5 Å². The number of benzene rings is 1. The molecule has 2 amide bonds. The first-order valence-electron chi connectivity index (χ1n) is 13.9. The van der Waals surface area contributed by atoms with Gasteiger partial charge in [0.15, 0.2) is 34.7 Å². The molecule has 0 aromatic heterocycles. The predicted octanol–water partition coefficient (Wildman–Crippen LogP) is -1.99. The highest BCUT2D eigenvalue weighted by Crippen LogP contribution is 2.51. The van der Waals surface area contributed by atoms with Gasteiger partial charge in [-0.2, -0.15) is 12.6 Å². The Labute approximate surface area is 247 Å². The number of Topliss-reactive ketones (excluding diaryl/α,β-unsaturated/α-hetero) is 4. The Morgan fingerprint density at radius 2 is 1.86 bits per heavy atom. The third kappa shape index (κ3) is 4.56. The summed E-state index contributed by atoms with van der Waals surface area (Å²) in [6.07, 6.45) is 0.116. The zero-order valence-corrected chi connectivity index (χ0v) is 24.2. The lowest BCUT2D eigenvalue weighted by atomic mass is 9.52. The van der Waals surface area contributed by atoms with Crippen molar-refractivity contribution in [3.05, 3.63) is 23.3 Å². The summed E-state index contributed by atoms with van der Waals surface area (Å²) in [6, 6.07) is 1.34. The van der Waals surface area contributed by atoms with E-state index in [0.29, 0.717) is 31.7 Å². The van der Waals surface area contributed by atoms with Crippen molar-refractivity contribution >= 4 is 53.3 Å². The maximum absolute atomic E-state index is 13.9. The molecular weight excluding hydrogens is 566 g/mol. The van der Waals surface area contributed by atoms with Crippen molar-refractivity contribution < 1.29 is 39.0 Å². The highest BCUT2D eigenvalue weighted by Gasteiger charge is 2.69. The lowest BCUT2D eigenvalue weighted by Crippen LogP contribution is -2.74. The van der Waals surface area contributed by atoms with E-state index in [1.54, 1.807) is 6.07 Å². The van der Waals surface area contributed by atoms with Gasteiger partial charge in [-0.05, 0) is 44.5 Å². The van der Waals surface area contributed by atoms with E-state index in [4.69, 9.17) is 5.73 Å². The van der Waals surface area contributed by atoms with Crippen LogP contribution >= 0.6 is 12.6 Å². The number of primary amides is 1. The third-order valence-electron chi connectivity index (χ3n) is 9.26. The Hall–Kier alpha value is -3.17. The first-order valence-corrected chi connectivity index (χ1v) is 14.5. The number of aromatic hydroxyl groups is 1. The normalized spacial score (nSPS) is 32.2. The molecule has 1 heterocycles. The number of carbonyl (C=O) groups is 6. The van der Waals surface area contributed by atoms with Crippen LogP contribution < -0.4 is 16.4 Å². The maximum atomic E-state index is 13.9. The number of anilines is 1. The van der Waals surface area contributed by atoms with E-state index in [0.717, 1.165) is 0 Å². The summed E-state index contributed by atoms with van der Waals surface area (Å²) in [6.45, 7) is 2.70. The summed E-state index contributed by atoms with van der Waals surface area (Å²) in [5.74, 6) is -11.4. The number of piperazine rings is 1. The van der Waals surface area contributed by atoms with E-state index < -0.39 is 82.1 Å². The molecule has 1 aromatic rings. The van der Waals surface area contributed by atoms with Crippen LogP contribution in [0.3, 0.4) is 0 Å². The fourth-order valence-electron chi connectivity index (χ4n) is 7.26. The van der Waals surface area contributed by atoms with Crippen molar-refractivity contribution in [1.82, 2.24) is 15.1 Å². The number of fused-ring (bicyclic) bond motifs is 3. The molecule has 2 saturated carbocycles. The van der Waals surface area contributed by atoms with Crippen LogP contribution in [0, 0.1) is 23.7 Å². The molecule has 3 fully saturated rings. The molecule has 13 nitrogen and oxygen atoms in total. The van der Waals surface area contributed by atoms with Gasteiger partial charge in [0.25, 0.3) is 0 Å². The number of nitrogens with zero attached hydrogens (tertiary/aromatic N) is 2. The summed E-state index contributed by atoms with van der Waals surface area (Å²) >= 11 is 4.33. The van der Waals surface area contributed by atoms with Gasteiger partial charge in [0.2, 0.25) is 11.8 Å². The summed E-state index contributed by atoms with van der Waals surface area (Å²) in [5, 5.41) is 28.7. The number of phenolic OH excluding ortho intramolecular Hbond substituents is 1. The van der Waals surface area contributed by atoms with E-state index in [-0.39, 0.29) is 29.8 Å². The number of likely N-dealkylation sites (N-methyl/N-ethyl adjacent to an activating group) is 1. The van der Waals surface area contributed by atoms with Crippen LogP contribution in [-0.4, -0.2) is 119 Å². The highest BCUT2D eigenvalue weighted by molar-refractivity contribution is 7.80. The lowest BCUT2D eigenvalue weighted by Gasteiger charge is -2.52. The minimum Gasteiger partial charge on any atom is -0.505 e. The molecule has 6 N–H and O–H groups in total. The molecule has 7 atom stereocenters. The van der Waals surface area contributed by atoms with Gasteiger partial charge >= 0.3 is 0 Å². The molecule has 5 rings (SSSR count). The number of nitrogens with one attached hydrogen (secondary N) is 2. The molecule has 0 bridgehead atoms. The van der Waals surface area contributed by atoms with Gasteiger partial charge < -0.3 is 26.6 Å². The Morgan fingerprint density at radius 3 is 2.45 bits per heavy atom. The van der Waals surface area contributed by atoms with Crippen LogP contribution in [-0.2, 0) is 30.4 Å². The molecule has 42 heavy (non-hydrogen) atoms. The fourth-order valence-corrected chi connectivity index (χ4v) is 7.65.